The number of carboxylic acid groups (broad SMARTS) is 1. The van der Waals surface area contributed by atoms with Gasteiger partial charge in [-0.15, -0.1) is 5.06 Å². The van der Waals surface area contributed by atoms with E-state index in [0.29, 0.717) is 76.2 Å². The molecule has 20 atom stereocenters. The molecule has 4 aliphatic rings. The number of carbonyl (C=O) groups is 16. The maximum atomic E-state index is 14.7. The summed E-state index contributed by atoms with van der Waals surface area (Å²) in [7, 11) is 13.3. The number of amides is 8. The number of ketones is 4. The standard InChI is InChI=1S/C57H84N4O12.C53H81N3O10.C4H5NO3.CH4/c1-13-38(6)54(59(10)56(68)43(36(2)3)32-47(63)53(37(4)5)58(9)30-21-27-52(67)73-61-49(64)28-29-50(61)65)48(70-11)34-51(66)60-31-20-26-45(60)55(71-12)40(8)46(62)33-44(39(7)42-24-18-15-19-25-42)57(69)72-35-41-22-16-14-17-23-41;1-13-36(6)50(55(10)52(62)41(34(2)3)30-45(58)49(35(4)5)54(9)28-21-27-48(60)61)46(64-11)32-47(59)56-29-20-26-43(56)51(65-12)38(8)44(57)31-42(37(7)40-24-18-15-19-25-40)53(63)66-33-39-22-16-14-17-23-39;6-3-1-2-4(7)5(3)8;/h14-19,22-25,36-40,43-45,48,53-55H,13,20-21,26-35H2,1-12H3;14-19,22-25,34-38,41-43,46,49-51H,13,20-21,26-33H2,1-12H3,(H,60,61);8H,1-2H2;1H4/t38-,39-,40-,43-,44-,45-,48+,53-,54-,55+;36-,37-,38-,41-,42-,43-,46+,49-,50-,51+;;/m00../s1. The van der Waals surface area contributed by atoms with Gasteiger partial charge >= 0.3 is 23.9 Å². The predicted octanol–water partition coefficient (Wildman–Crippen LogP) is 15.8. The normalized spacial score (nSPS) is 18.5. The molecule has 33 nitrogen and oxygen atoms in total. The van der Waals surface area contributed by atoms with Crippen LogP contribution in [-0.2, 0) is 123 Å². The highest BCUT2D eigenvalue weighted by Gasteiger charge is 2.49. The van der Waals surface area contributed by atoms with E-state index in [9.17, 15) is 76.7 Å². The molecule has 4 heterocycles. The van der Waals surface area contributed by atoms with Crippen LogP contribution in [-0.4, -0.2) is 288 Å². The molecule has 0 saturated carbocycles. The third-order valence-corrected chi connectivity index (χ3v) is 30.4. The summed E-state index contributed by atoms with van der Waals surface area (Å²) >= 11 is 0. The van der Waals surface area contributed by atoms with E-state index in [0.717, 1.165) is 28.7 Å². The van der Waals surface area contributed by atoms with Gasteiger partial charge in [-0.05, 0) is 135 Å². The number of hydrogen-bond acceptors (Lipinski definition) is 26. The molecule has 148 heavy (non-hydrogen) atoms. The van der Waals surface area contributed by atoms with Gasteiger partial charge in [-0.3, -0.25) is 86.9 Å². The van der Waals surface area contributed by atoms with Gasteiger partial charge < -0.3 is 58.0 Å². The third-order valence-electron chi connectivity index (χ3n) is 30.4. The summed E-state index contributed by atoms with van der Waals surface area (Å²) in [6.07, 6.45) is 2.21. The van der Waals surface area contributed by atoms with E-state index in [1.807, 2.05) is 242 Å². The highest BCUT2D eigenvalue weighted by Crippen LogP contribution is 2.39. The number of imide groups is 2. The molecule has 0 aromatic heterocycles. The summed E-state index contributed by atoms with van der Waals surface area (Å²) < 4.78 is 36.0. The van der Waals surface area contributed by atoms with Crippen LogP contribution in [0.25, 0.3) is 0 Å². The first kappa shape index (κ1) is 128. The van der Waals surface area contributed by atoms with E-state index in [1.54, 1.807) is 76.1 Å². The summed E-state index contributed by atoms with van der Waals surface area (Å²) in [4.78, 5) is 227. The Morgan fingerprint density at radius 3 is 1.03 bits per heavy atom. The summed E-state index contributed by atoms with van der Waals surface area (Å²) in [6.45, 7) is 33.0. The highest BCUT2D eigenvalue weighted by molar-refractivity contribution is 6.02. The Kier molecular flexibility index (Phi) is 54.8. The molecule has 0 aliphatic carbocycles. The van der Waals surface area contributed by atoms with Crippen LogP contribution >= 0.6 is 0 Å². The third kappa shape index (κ3) is 36.9. The van der Waals surface area contributed by atoms with Gasteiger partial charge in [0.1, 0.15) is 24.8 Å². The average Bonchev–Trinajstić information content (AvgIpc) is 1.51. The number of aliphatic carboxylic acids is 1. The van der Waals surface area contributed by atoms with Crippen molar-refractivity contribution in [3.8, 4) is 0 Å². The van der Waals surface area contributed by atoms with Gasteiger partial charge in [0.05, 0.1) is 85.3 Å². The summed E-state index contributed by atoms with van der Waals surface area (Å²) in [5, 5.41) is 18.2. The molecule has 2 N–H and O–H groups in total. The maximum Gasteiger partial charge on any atom is 0.333 e. The molecule has 8 rings (SSSR count). The van der Waals surface area contributed by atoms with Gasteiger partial charge in [0.25, 0.3) is 23.6 Å². The van der Waals surface area contributed by atoms with E-state index < -0.39 is 144 Å². The van der Waals surface area contributed by atoms with Gasteiger partial charge in [-0.1, -0.05) is 252 Å². The Balaban J connectivity index is 0.000000481. The molecular formula is C115H174N8O25. The van der Waals surface area contributed by atoms with Crippen molar-refractivity contribution in [3.05, 3.63) is 144 Å². The zero-order chi connectivity index (χ0) is 109. The van der Waals surface area contributed by atoms with E-state index in [2.05, 4.69) is 0 Å². The molecule has 0 spiro atoms. The molecule has 0 radical (unpaired) electrons. The second kappa shape index (κ2) is 63.5. The topological polar surface area (TPSA) is 404 Å². The Morgan fingerprint density at radius 2 is 0.736 bits per heavy atom. The molecular weight excluding hydrogens is 1890 g/mol. The van der Waals surface area contributed by atoms with Gasteiger partial charge in [-0.25, -0.2) is 4.79 Å². The SMILES string of the molecule is C.CC[C@H](C)[C@@H]([C@@H](CC(=O)N1CCC[C@H]1[C@H](OC)[C@@H](C)C(=O)C[C@H](C(=O)OCc1ccccc1)[C@@H](C)c1ccccc1)OC)N(C)C(=O)[C@@H](CC(=O)[C@H](C(C)C)N(C)CCCC(=O)O)C(C)C.CC[C@H](C)[C@@H]([C@@H](CC(=O)N1CCC[C@H]1[C@H](OC)[C@@H](C)C(=O)C[C@H](C(=O)OCc1ccccc1)[C@@H](C)c1ccccc1)OC)N(C)C(=O)[C@@H](CC(=O)[C@H](C(C)C)N(C)CCCC(=O)ON1C(=O)CCC1=O)C(C)C.O=C1CCC(=O)N1O. The Morgan fingerprint density at radius 1 is 0.412 bits per heavy atom. The number of ether oxygens (including phenoxy) is 6. The molecule has 0 bridgehead atoms. The van der Waals surface area contributed by atoms with Crippen molar-refractivity contribution in [2.45, 2.75) is 332 Å². The highest BCUT2D eigenvalue weighted by atomic mass is 16.7. The van der Waals surface area contributed by atoms with E-state index in [4.69, 9.17) is 43.6 Å². The van der Waals surface area contributed by atoms with Crippen molar-refractivity contribution in [1.29, 1.82) is 0 Å². The fourth-order valence-corrected chi connectivity index (χ4v) is 21.3. The predicted molar refractivity (Wildman–Crippen MR) is 562 cm³/mol. The van der Waals surface area contributed by atoms with Crippen LogP contribution in [0.2, 0.25) is 0 Å². The minimum Gasteiger partial charge on any atom is -0.481 e. The van der Waals surface area contributed by atoms with Crippen LogP contribution in [0.5, 0.6) is 0 Å². The first-order valence-electron chi connectivity index (χ1n) is 52.8. The number of Topliss-reactive ketones (excluding diaryl/α,β-unsaturated/α-hetero) is 4. The largest absolute Gasteiger partial charge is 0.481 e. The number of carboxylic acids is 1. The monoisotopic (exact) mass is 2070 g/mol. The number of benzene rings is 4. The van der Waals surface area contributed by atoms with Gasteiger partial charge in [0, 0.05) is 144 Å². The van der Waals surface area contributed by atoms with Crippen LogP contribution in [0.4, 0.5) is 0 Å². The number of likely N-dealkylation sites (N-methyl/N-ethyl adjacent to an activating group) is 4. The van der Waals surface area contributed by atoms with Gasteiger partial charge in [0.15, 0.2) is 11.6 Å². The van der Waals surface area contributed by atoms with Crippen LogP contribution < -0.4 is 0 Å². The fraction of sp³-hybridized carbons (Fsp3) is 0.652. The van der Waals surface area contributed by atoms with Crippen molar-refractivity contribution in [2.24, 2.45) is 71.0 Å². The molecule has 4 aromatic rings. The zero-order valence-corrected chi connectivity index (χ0v) is 91.7. The number of likely N-dealkylation sites (tertiary alicyclic amines) is 2. The number of rotatable bonds is 59. The quantitative estimate of drug-likeness (QED) is 0.0235. The molecule has 4 fully saturated rings. The first-order chi connectivity index (χ1) is 69.7. The van der Waals surface area contributed by atoms with Crippen LogP contribution in [0, 0.1) is 71.0 Å². The number of hydrogen-bond donors (Lipinski definition) is 2. The molecule has 0 unspecified atom stereocenters. The van der Waals surface area contributed by atoms with Crippen LogP contribution in [0.3, 0.4) is 0 Å². The molecule has 4 aliphatic heterocycles. The Bertz CT molecular complexity index is 4860. The lowest BCUT2D eigenvalue weighted by Crippen LogP contribution is -2.54. The fourth-order valence-electron chi connectivity index (χ4n) is 21.3. The smallest absolute Gasteiger partial charge is 0.333 e. The second-order valence-electron chi connectivity index (χ2n) is 41.9. The number of nitrogens with zero attached hydrogens (tertiary/aromatic N) is 8. The summed E-state index contributed by atoms with van der Waals surface area (Å²) in [5.41, 5.74) is 3.54. The maximum absolute atomic E-state index is 14.7. The molecule has 33 heteroatoms. The van der Waals surface area contributed by atoms with Crippen molar-refractivity contribution in [1.82, 2.24) is 39.5 Å². The molecule has 824 valence electrons. The molecule has 4 saturated heterocycles. The molecule has 4 aromatic carbocycles. The first-order valence-corrected chi connectivity index (χ1v) is 52.8. The van der Waals surface area contributed by atoms with Crippen LogP contribution in [0.1, 0.15) is 281 Å². The van der Waals surface area contributed by atoms with Gasteiger partial charge in [-0.2, -0.15) is 5.06 Å². The zero-order valence-electron chi connectivity index (χ0n) is 91.7. The summed E-state index contributed by atoms with van der Waals surface area (Å²) in [5.74, 6) is -11.3. The van der Waals surface area contributed by atoms with Crippen LogP contribution in [0.15, 0.2) is 121 Å². The lowest BCUT2D eigenvalue weighted by atomic mass is 9.80. The Hall–Kier alpha value is -10.7. The number of methoxy groups -OCH3 is 4. The van der Waals surface area contributed by atoms with E-state index in [1.165, 1.54) is 0 Å². The minimum absolute atomic E-state index is 0. The number of hydroxylamine groups is 4. The van der Waals surface area contributed by atoms with Crippen molar-refractivity contribution < 1.29 is 120 Å². The Labute approximate surface area is 879 Å². The summed E-state index contributed by atoms with van der Waals surface area (Å²) in [6, 6.07) is 35.2. The lowest BCUT2D eigenvalue weighted by Gasteiger charge is -2.41. The second-order valence-corrected chi connectivity index (χ2v) is 41.9. The lowest BCUT2D eigenvalue weighted by molar-refractivity contribution is -0.197. The average molecular weight is 2070 g/mol. The van der Waals surface area contributed by atoms with Crippen molar-refractivity contribution in [3.63, 3.8) is 0 Å². The van der Waals surface area contributed by atoms with Crippen molar-refractivity contribution in [2.75, 3.05) is 82.8 Å². The minimum atomic E-state index is -0.882. The van der Waals surface area contributed by atoms with E-state index in [-0.39, 0.29) is 197 Å². The number of carbonyl (C=O) groups excluding carboxylic acids is 15. The number of esters is 2. The van der Waals surface area contributed by atoms with Crippen molar-refractivity contribution >= 4 is 94.3 Å². The van der Waals surface area contributed by atoms with Gasteiger partial charge in [0.2, 0.25) is 23.6 Å². The van der Waals surface area contributed by atoms with E-state index >= 15 is 0 Å². The molecule has 8 amide bonds.